The predicted molar refractivity (Wildman–Crippen MR) is 91.7 cm³/mol. The molecule has 1 atom stereocenters. The summed E-state index contributed by atoms with van der Waals surface area (Å²) in [4.78, 5) is 14.2. The second-order valence-corrected chi connectivity index (χ2v) is 6.15. The van der Waals surface area contributed by atoms with Gasteiger partial charge in [0.25, 0.3) is 0 Å². The highest BCUT2D eigenvalue weighted by Gasteiger charge is 2.26. The van der Waals surface area contributed by atoms with Crippen LogP contribution in [-0.2, 0) is 11.3 Å². The normalized spacial score (nSPS) is 16.3. The van der Waals surface area contributed by atoms with Gasteiger partial charge in [-0.25, -0.2) is 4.39 Å². The molecule has 4 nitrogen and oxygen atoms in total. The van der Waals surface area contributed by atoms with Crippen molar-refractivity contribution in [1.82, 2.24) is 5.32 Å². The zero-order chi connectivity index (χ0) is 17.1. The van der Waals surface area contributed by atoms with Gasteiger partial charge in [0, 0.05) is 19.7 Å². The van der Waals surface area contributed by atoms with Gasteiger partial charge in [0.2, 0.25) is 5.91 Å². The standard InChI is InChI=1S/C19H21FN2O2/c1-13-3-5-14(6-4-13)11-21-19(23)10-16-12-24-18-9-15(20)7-8-17(18)22(16)2/h3-9,16H,10-12H2,1-2H3,(H,21,23). The van der Waals surface area contributed by atoms with Gasteiger partial charge in [-0.05, 0) is 24.6 Å². The maximum atomic E-state index is 13.3. The number of carbonyl (C=O) groups is 1. The first-order valence-electron chi connectivity index (χ1n) is 8.00. The Morgan fingerprint density at radius 2 is 2.04 bits per heavy atom. The Morgan fingerprint density at radius 1 is 1.29 bits per heavy atom. The zero-order valence-corrected chi connectivity index (χ0v) is 13.9. The number of hydrogen-bond acceptors (Lipinski definition) is 3. The van der Waals surface area contributed by atoms with E-state index in [2.05, 4.69) is 5.32 Å². The van der Waals surface area contributed by atoms with Crippen LogP contribution in [0, 0.1) is 12.7 Å². The Bertz CT molecular complexity index is 731. The zero-order valence-electron chi connectivity index (χ0n) is 13.9. The molecule has 0 radical (unpaired) electrons. The number of fused-ring (bicyclic) bond motifs is 1. The van der Waals surface area contributed by atoms with Gasteiger partial charge < -0.3 is 15.0 Å². The smallest absolute Gasteiger partial charge is 0.222 e. The van der Waals surface area contributed by atoms with Crippen LogP contribution in [0.15, 0.2) is 42.5 Å². The minimum absolute atomic E-state index is 0.0263. The predicted octanol–water partition coefficient (Wildman–Crippen LogP) is 3.04. The number of aryl methyl sites for hydroxylation is 1. The molecule has 0 spiro atoms. The first kappa shape index (κ1) is 16.3. The molecule has 1 aliphatic heterocycles. The molecule has 1 unspecified atom stereocenters. The molecule has 126 valence electrons. The van der Waals surface area contributed by atoms with E-state index in [1.807, 2.05) is 43.1 Å². The molecule has 5 heteroatoms. The van der Waals surface area contributed by atoms with E-state index >= 15 is 0 Å². The molecule has 2 aromatic carbocycles. The Hall–Kier alpha value is -2.56. The van der Waals surface area contributed by atoms with E-state index in [0.29, 0.717) is 25.3 Å². The van der Waals surface area contributed by atoms with Crippen molar-refractivity contribution < 1.29 is 13.9 Å². The summed E-state index contributed by atoms with van der Waals surface area (Å²) in [6.45, 7) is 2.91. The maximum Gasteiger partial charge on any atom is 0.222 e. The Balaban J connectivity index is 1.57. The number of carbonyl (C=O) groups excluding carboxylic acids is 1. The van der Waals surface area contributed by atoms with E-state index in [1.54, 1.807) is 6.07 Å². The van der Waals surface area contributed by atoms with Crippen molar-refractivity contribution >= 4 is 11.6 Å². The summed E-state index contributed by atoms with van der Waals surface area (Å²) in [5.41, 5.74) is 3.07. The fourth-order valence-corrected chi connectivity index (χ4v) is 2.78. The number of ether oxygens (including phenoxy) is 1. The van der Waals surface area contributed by atoms with Crippen molar-refractivity contribution in [2.75, 3.05) is 18.6 Å². The minimum Gasteiger partial charge on any atom is -0.489 e. The molecule has 3 rings (SSSR count). The third-order valence-electron chi connectivity index (χ3n) is 4.31. The van der Waals surface area contributed by atoms with E-state index in [-0.39, 0.29) is 17.8 Å². The molecule has 0 aliphatic carbocycles. The van der Waals surface area contributed by atoms with E-state index in [0.717, 1.165) is 11.3 Å². The molecule has 0 aromatic heterocycles. The molecule has 1 heterocycles. The Morgan fingerprint density at radius 3 is 2.79 bits per heavy atom. The summed E-state index contributed by atoms with van der Waals surface area (Å²) in [7, 11) is 1.90. The molecule has 0 fully saturated rings. The molecule has 0 bridgehead atoms. The fraction of sp³-hybridized carbons (Fsp3) is 0.316. The maximum absolute atomic E-state index is 13.3. The van der Waals surface area contributed by atoms with Gasteiger partial charge in [0.05, 0.1) is 18.2 Å². The lowest BCUT2D eigenvalue weighted by Gasteiger charge is -2.35. The van der Waals surface area contributed by atoms with Crippen molar-refractivity contribution in [3.63, 3.8) is 0 Å². The highest BCUT2D eigenvalue weighted by Crippen LogP contribution is 2.34. The van der Waals surface area contributed by atoms with E-state index in [4.69, 9.17) is 4.74 Å². The second-order valence-electron chi connectivity index (χ2n) is 6.15. The fourth-order valence-electron chi connectivity index (χ4n) is 2.78. The SMILES string of the molecule is Cc1ccc(CNC(=O)CC2COc3cc(F)ccc3N2C)cc1. The number of halogens is 1. The number of rotatable bonds is 4. The van der Waals surface area contributed by atoms with Crippen LogP contribution in [0.25, 0.3) is 0 Å². The molecular formula is C19H21FN2O2. The minimum atomic E-state index is -0.323. The Labute approximate surface area is 141 Å². The van der Waals surface area contributed by atoms with Crippen LogP contribution >= 0.6 is 0 Å². The number of nitrogens with zero attached hydrogens (tertiary/aromatic N) is 1. The van der Waals surface area contributed by atoms with Crippen molar-refractivity contribution in [2.24, 2.45) is 0 Å². The molecule has 2 aromatic rings. The average Bonchev–Trinajstić information content (AvgIpc) is 2.57. The van der Waals surface area contributed by atoms with Crippen LogP contribution in [0.4, 0.5) is 10.1 Å². The Kier molecular flexibility index (Phi) is 4.69. The lowest BCUT2D eigenvalue weighted by Crippen LogP contribution is -2.43. The third-order valence-corrected chi connectivity index (χ3v) is 4.31. The summed E-state index contributed by atoms with van der Waals surface area (Å²) < 4.78 is 18.9. The number of likely N-dealkylation sites (N-methyl/N-ethyl adjacent to an activating group) is 1. The van der Waals surface area contributed by atoms with Crippen molar-refractivity contribution in [3.05, 3.63) is 59.4 Å². The van der Waals surface area contributed by atoms with Gasteiger partial charge in [-0.2, -0.15) is 0 Å². The molecule has 0 saturated heterocycles. The van der Waals surface area contributed by atoms with Gasteiger partial charge in [0.15, 0.2) is 0 Å². The van der Waals surface area contributed by atoms with Gasteiger partial charge in [-0.1, -0.05) is 29.8 Å². The van der Waals surface area contributed by atoms with Gasteiger partial charge >= 0.3 is 0 Å². The summed E-state index contributed by atoms with van der Waals surface area (Å²) in [6.07, 6.45) is 0.333. The summed E-state index contributed by atoms with van der Waals surface area (Å²) in [5, 5.41) is 2.94. The highest BCUT2D eigenvalue weighted by molar-refractivity contribution is 5.77. The molecule has 1 amide bonds. The van der Waals surface area contributed by atoms with Crippen LogP contribution in [-0.4, -0.2) is 25.6 Å². The van der Waals surface area contributed by atoms with Crippen LogP contribution in [0.1, 0.15) is 17.5 Å². The van der Waals surface area contributed by atoms with Crippen molar-refractivity contribution in [2.45, 2.75) is 25.9 Å². The summed E-state index contributed by atoms with van der Waals surface area (Å²) in [6, 6.07) is 12.5. The van der Waals surface area contributed by atoms with Crippen LogP contribution in [0.2, 0.25) is 0 Å². The average molecular weight is 328 g/mol. The monoisotopic (exact) mass is 328 g/mol. The summed E-state index contributed by atoms with van der Waals surface area (Å²) >= 11 is 0. The number of hydrogen-bond donors (Lipinski definition) is 1. The number of anilines is 1. The number of amides is 1. The lowest BCUT2D eigenvalue weighted by atomic mass is 10.1. The van der Waals surface area contributed by atoms with E-state index in [1.165, 1.54) is 17.7 Å². The van der Waals surface area contributed by atoms with Gasteiger partial charge in [0.1, 0.15) is 18.2 Å². The second kappa shape index (κ2) is 6.91. The largest absolute Gasteiger partial charge is 0.489 e. The van der Waals surface area contributed by atoms with E-state index in [9.17, 15) is 9.18 Å². The van der Waals surface area contributed by atoms with Crippen LogP contribution in [0.3, 0.4) is 0 Å². The third kappa shape index (κ3) is 3.67. The topological polar surface area (TPSA) is 41.6 Å². The highest BCUT2D eigenvalue weighted by atomic mass is 19.1. The van der Waals surface area contributed by atoms with Crippen molar-refractivity contribution in [3.8, 4) is 5.75 Å². The van der Waals surface area contributed by atoms with Crippen LogP contribution < -0.4 is 15.0 Å². The quantitative estimate of drug-likeness (QED) is 0.938. The van der Waals surface area contributed by atoms with Crippen molar-refractivity contribution in [1.29, 1.82) is 0 Å². The lowest BCUT2D eigenvalue weighted by molar-refractivity contribution is -0.121. The number of nitrogens with one attached hydrogen (secondary N) is 1. The molecule has 1 N–H and O–H groups in total. The molecule has 0 saturated carbocycles. The first-order chi connectivity index (χ1) is 11.5. The van der Waals surface area contributed by atoms with Gasteiger partial charge in [-0.3, -0.25) is 4.79 Å². The first-order valence-corrected chi connectivity index (χ1v) is 8.00. The molecular weight excluding hydrogens is 307 g/mol. The number of benzene rings is 2. The van der Waals surface area contributed by atoms with Gasteiger partial charge in [-0.15, -0.1) is 0 Å². The summed E-state index contributed by atoms with van der Waals surface area (Å²) in [5.74, 6) is 0.173. The molecule has 1 aliphatic rings. The molecule has 24 heavy (non-hydrogen) atoms. The van der Waals surface area contributed by atoms with E-state index < -0.39 is 0 Å². The van der Waals surface area contributed by atoms with Crippen LogP contribution in [0.5, 0.6) is 5.75 Å².